The van der Waals surface area contributed by atoms with Gasteiger partial charge in [-0.05, 0) is 37.7 Å². The van der Waals surface area contributed by atoms with Gasteiger partial charge in [-0.15, -0.1) is 0 Å². The predicted octanol–water partition coefficient (Wildman–Crippen LogP) is 2.23. The Kier molecular flexibility index (Phi) is 4.21. The zero-order valence-electron chi connectivity index (χ0n) is 13.1. The fourth-order valence-electron chi connectivity index (χ4n) is 3.56. The summed E-state index contributed by atoms with van der Waals surface area (Å²) in [5, 5.41) is 0. The van der Waals surface area contributed by atoms with E-state index in [1.54, 1.807) is 27.6 Å². The second kappa shape index (κ2) is 5.99. The van der Waals surface area contributed by atoms with Crippen LogP contribution in [0.1, 0.15) is 35.6 Å². The number of hydrogen-bond acceptors (Lipinski definition) is 4. The van der Waals surface area contributed by atoms with Gasteiger partial charge in [0.2, 0.25) is 5.91 Å². The lowest BCUT2D eigenvalue weighted by Gasteiger charge is -2.37. The summed E-state index contributed by atoms with van der Waals surface area (Å²) in [6.45, 7) is 1.98. The molecule has 0 aromatic carbocycles. The summed E-state index contributed by atoms with van der Waals surface area (Å²) in [6.07, 6.45) is 4.67. The Hall–Kier alpha value is -1.43. The highest BCUT2D eigenvalue weighted by Gasteiger charge is 2.48. The Labute approximate surface area is 135 Å². The molecule has 0 radical (unpaired) electrons. The van der Waals surface area contributed by atoms with Crippen LogP contribution < -0.4 is 0 Å². The number of amides is 2. The lowest BCUT2D eigenvalue weighted by molar-refractivity contribution is -0.143. The Morgan fingerprint density at radius 1 is 1.36 bits per heavy atom. The van der Waals surface area contributed by atoms with Crippen molar-refractivity contribution in [2.24, 2.45) is 5.41 Å². The van der Waals surface area contributed by atoms with Gasteiger partial charge in [0.1, 0.15) is 5.76 Å². The highest BCUT2D eigenvalue weighted by atomic mass is 32.2. The molecule has 2 fully saturated rings. The van der Waals surface area contributed by atoms with E-state index < -0.39 is 0 Å². The number of nitrogens with zero attached hydrogens (tertiary/aromatic N) is 2. The van der Waals surface area contributed by atoms with Crippen LogP contribution in [0, 0.1) is 5.41 Å². The van der Waals surface area contributed by atoms with Gasteiger partial charge in [0.05, 0.1) is 11.2 Å². The lowest BCUT2D eigenvalue weighted by Crippen LogP contribution is -2.48. The maximum atomic E-state index is 12.6. The molecule has 5 nitrogen and oxygen atoms in total. The molecule has 0 unspecified atom stereocenters. The molecule has 0 saturated carbocycles. The minimum Gasteiger partial charge on any atom is -0.455 e. The number of likely N-dealkylation sites (tertiary alicyclic amines) is 2. The lowest BCUT2D eigenvalue weighted by atomic mass is 9.78. The van der Waals surface area contributed by atoms with Crippen LogP contribution >= 0.6 is 11.8 Å². The van der Waals surface area contributed by atoms with Gasteiger partial charge in [-0.2, -0.15) is 11.8 Å². The monoisotopic (exact) mass is 322 g/mol. The number of rotatable bonds is 3. The van der Waals surface area contributed by atoms with Crippen molar-refractivity contribution in [1.82, 2.24) is 9.80 Å². The molecule has 120 valence electrons. The third-order valence-corrected chi connectivity index (χ3v) is 5.32. The van der Waals surface area contributed by atoms with Crippen molar-refractivity contribution < 1.29 is 14.0 Å². The molecule has 1 spiro atoms. The maximum Gasteiger partial charge on any atom is 0.289 e. The molecular weight excluding hydrogens is 300 g/mol. The van der Waals surface area contributed by atoms with Crippen molar-refractivity contribution in [3.63, 3.8) is 0 Å². The Bertz CT molecular complexity index is 586. The minimum atomic E-state index is -0.364. The van der Waals surface area contributed by atoms with Crippen molar-refractivity contribution in [2.75, 3.05) is 32.9 Å². The van der Waals surface area contributed by atoms with E-state index in [1.807, 2.05) is 19.4 Å². The van der Waals surface area contributed by atoms with Gasteiger partial charge in [0.25, 0.3) is 5.91 Å². The summed E-state index contributed by atoms with van der Waals surface area (Å²) in [6, 6.07) is 3.60. The van der Waals surface area contributed by atoms with Crippen molar-refractivity contribution >= 4 is 23.6 Å². The standard InChI is InChI=1S/C16H22N2O3S/c1-17-8-3-6-16(15(17)20)7-9-18(11-16)14(19)13-5-4-12(21-13)10-22-2/h4-5H,3,6-11H2,1-2H3/t16-/m1/s1. The van der Waals surface area contributed by atoms with E-state index in [0.717, 1.165) is 37.3 Å². The van der Waals surface area contributed by atoms with E-state index in [4.69, 9.17) is 4.42 Å². The van der Waals surface area contributed by atoms with E-state index in [9.17, 15) is 9.59 Å². The van der Waals surface area contributed by atoms with E-state index in [2.05, 4.69) is 0 Å². The summed E-state index contributed by atoms with van der Waals surface area (Å²) in [7, 11) is 1.86. The molecule has 0 bridgehead atoms. The molecule has 6 heteroatoms. The average Bonchev–Trinajstić information content (AvgIpc) is 3.13. The molecule has 1 aromatic rings. The molecule has 3 heterocycles. The Balaban J connectivity index is 1.71. The van der Waals surface area contributed by atoms with Crippen LogP contribution in [0.3, 0.4) is 0 Å². The van der Waals surface area contributed by atoms with Gasteiger partial charge in [-0.1, -0.05) is 0 Å². The Morgan fingerprint density at radius 3 is 2.95 bits per heavy atom. The summed E-state index contributed by atoms with van der Waals surface area (Å²) >= 11 is 1.66. The topological polar surface area (TPSA) is 53.8 Å². The third kappa shape index (κ3) is 2.64. The zero-order chi connectivity index (χ0) is 15.7. The van der Waals surface area contributed by atoms with Gasteiger partial charge >= 0.3 is 0 Å². The molecule has 0 aliphatic carbocycles. The number of carbonyl (C=O) groups excluding carboxylic acids is 2. The van der Waals surface area contributed by atoms with Gasteiger partial charge < -0.3 is 14.2 Å². The van der Waals surface area contributed by atoms with Gasteiger partial charge in [-0.3, -0.25) is 9.59 Å². The van der Waals surface area contributed by atoms with Crippen molar-refractivity contribution in [1.29, 1.82) is 0 Å². The van der Waals surface area contributed by atoms with Crippen LogP contribution in [-0.2, 0) is 10.5 Å². The molecule has 2 aliphatic heterocycles. The average molecular weight is 322 g/mol. The van der Waals surface area contributed by atoms with Crippen LogP contribution in [0.2, 0.25) is 0 Å². The third-order valence-electron chi connectivity index (χ3n) is 4.75. The summed E-state index contributed by atoms with van der Waals surface area (Å²) in [4.78, 5) is 28.7. The highest BCUT2D eigenvalue weighted by molar-refractivity contribution is 7.97. The second-order valence-electron chi connectivity index (χ2n) is 6.29. The molecule has 0 N–H and O–H groups in total. The number of carbonyl (C=O) groups is 2. The fourth-order valence-corrected chi connectivity index (χ4v) is 4.00. The number of thioether (sulfide) groups is 1. The number of piperidine rings is 1. The second-order valence-corrected chi connectivity index (χ2v) is 7.15. The first-order chi connectivity index (χ1) is 10.6. The first kappa shape index (κ1) is 15.5. The highest BCUT2D eigenvalue weighted by Crippen LogP contribution is 2.40. The normalized spacial score (nSPS) is 25.3. The molecule has 3 rings (SSSR count). The van der Waals surface area contributed by atoms with Crippen molar-refractivity contribution in [3.8, 4) is 0 Å². The van der Waals surface area contributed by atoms with E-state index in [1.165, 1.54) is 0 Å². The zero-order valence-corrected chi connectivity index (χ0v) is 13.9. The summed E-state index contributed by atoms with van der Waals surface area (Å²) < 4.78 is 5.61. The molecule has 2 amide bonds. The van der Waals surface area contributed by atoms with Gasteiger partial charge in [-0.25, -0.2) is 0 Å². The quantitative estimate of drug-likeness (QED) is 0.856. The van der Waals surface area contributed by atoms with Crippen molar-refractivity contribution in [3.05, 3.63) is 23.7 Å². The predicted molar refractivity (Wildman–Crippen MR) is 85.8 cm³/mol. The molecular formula is C16H22N2O3S. The Morgan fingerprint density at radius 2 is 2.18 bits per heavy atom. The SMILES string of the molecule is CSCc1ccc(C(=O)N2CC[C@]3(CCCN(C)C3=O)C2)o1. The summed E-state index contributed by atoms with van der Waals surface area (Å²) in [5.74, 6) is 2.07. The maximum absolute atomic E-state index is 12.6. The number of furan rings is 1. The molecule has 22 heavy (non-hydrogen) atoms. The number of hydrogen-bond donors (Lipinski definition) is 0. The first-order valence-electron chi connectivity index (χ1n) is 7.68. The molecule has 2 saturated heterocycles. The van der Waals surface area contributed by atoms with Gasteiger partial charge in [0, 0.05) is 26.7 Å². The van der Waals surface area contributed by atoms with Gasteiger partial charge in [0.15, 0.2) is 5.76 Å². The largest absolute Gasteiger partial charge is 0.455 e. The molecule has 1 aromatic heterocycles. The van der Waals surface area contributed by atoms with Crippen LogP contribution in [0.4, 0.5) is 0 Å². The molecule has 1 atom stereocenters. The van der Waals surface area contributed by atoms with Crippen LogP contribution in [-0.4, -0.2) is 54.6 Å². The fraction of sp³-hybridized carbons (Fsp3) is 0.625. The van der Waals surface area contributed by atoms with Crippen LogP contribution in [0.15, 0.2) is 16.5 Å². The smallest absolute Gasteiger partial charge is 0.289 e. The first-order valence-corrected chi connectivity index (χ1v) is 9.08. The van der Waals surface area contributed by atoms with E-state index in [0.29, 0.717) is 18.8 Å². The minimum absolute atomic E-state index is 0.0924. The molecule has 2 aliphatic rings. The van der Waals surface area contributed by atoms with Crippen LogP contribution in [0.5, 0.6) is 0 Å². The van der Waals surface area contributed by atoms with E-state index >= 15 is 0 Å². The summed E-state index contributed by atoms with van der Waals surface area (Å²) in [5.41, 5.74) is -0.364. The van der Waals surface area contributed by atoms with Crippen LogP contribution in [0.25, 0.3) is 0 Å². The van der Waals surface area contributed by atoms with Crippen molar-refractivity contribution in [2.45, 2.75) is 25.0 Å². The van der Waals surface area contributed by atoms with E-state index in [-0.39, 0.29) is 17.2 Å².